The number of pyridine rings is 1. The zero-order valence-electron chi connectivity index (χ0n) is 10.6. The second-order valence-corrected chi connectivity index (χ2v) is 5.43. The predicted octanol–water partition coefficient (Wildman–Crippen LogP) is 4.47. The van der Waals surface area contributed by atoms with Crippen LogP contribution in [0.4, 0.5) is 5.82 Å². The van der Waals surface area contributed by atoms with E-state index in [9.17, 15) is 0 Å². The van der Waals surface area contributed by atoms with Crippen LogP contribution in [0.15, 0.2) is 22.7 Å². The normalized spacial score (nSPS) is 11.2. The predicted molar refractivity (Wildman–Crippen MR) is 77.8 cm³/mol. The van der Waals surface area contributed by atoms with Crippen LogP contribution in [0.5, 0.6) is 0 Å². The van der Waals surface area contributed by atoms with Crippen molar-refractivity contribution >= 4 is 32.7 Å². The SMILES string of the molecule is CNc1nc2c(C)c(Br)ccc2cc1C(C)C. The summed E-state index contributed by atoms with van der Waals surface area (Å²) >= 11 is 3.55. The maximum atomic E-state index is 4.73. The molecule has 0 fully saturated rings. The van der Waals surface area contributed by atoms with Gasteiger partial charge in [-0.2, -0.15) is 0 Å². The van der Waals surface area contributed by atoms with Crippen LogP contribution in [0.25, 0.3) is 10.9 Å². The van der Waals surface area contributed by atoms with Crippen molar-refractivity contribution in [2.75, 3.05) is 12.4 Å². The lowest BCUT2D eigenvalue weighted by molar-refractivity contribution is 0.864. The number of fused-ring (bicyclic) bond motifs is 1. The number of aryl methyl sites for hydroxylation is 1. The van der Waals surface area contributed by atoms with E-state index in [0.29, 0.717) is 5.92 Å². The summed E-state index contributed by atoms with van der Waals surface area (Å²) in [6.07, 6.45) is 0. The Morgan fingerprint density at radius 2 is 2.00 bits per heavy atom. The van der Waals surface area contributed by atoms with Gasteiger partial charge in [0, 0.05) is 16.9 Å². The van der Waals surface area contributed by atoms with Crippen molar-refractivity contribution in [1.82, 2.24) is 4.98 Å². The van der Waals surface area contributed by atoms with Crippen molar-refractivity contribution in [3.05, 3.63) is 33.8 Å². The Labute approximate surface area is 111 Å². The molecule has 1 heterocycles. The smallest absolute Gasteiger partial charge is 0.129 e. The highest BCUT2D eigenvalue weighted by Crippen LogP contribution is 2.30. The summed E-state index contributed by atoms with van der Waals surface area (Å²) in [5.41, 5.74) is 3.52. The molecule has 1 aromatic carbocycles. The van der Waals surface area contributed by atoms with E-state index in [4.69, 9.17) is 4.98 Å². The molecule has 0 spiro atoms. The molecule has 0 bridgehead atoms. The van der Waals surface area contributed by atoms with Crippen LogP contribution < -0.4 is 5.32 Å². The highest BCUT2D eigenvalue weighted by molar-refractivity contribution is 9.10. The summed E-state index contributed by atoms with van der Waals surface area (Å²) in [6, 6.07) is 6.44. The number of hydrogen-bond donors (Lipinski definition) is 1. The van der Waals surface area contributed by atoms with Crippen molar-refractivity contribution in [2.45, 2.75) is 26.7 Å². The van der Waals surface area contributed by atoms with Gasteiger partial charge in [-0.15, -0.1) is 0 Å². The summed E-state index contributed by atoms with van der Waals surface area (Å²) in [5.74, 6) is 1.45. The first kappa shape index (κ1) is 12.4. The molecule has 2 rings (SSSR count). The van der Waals surface area contributed by atoms with Crippen molar-refractivity contribution in [1.29, 1.82) is 0 Å². The molecule has 90 valence electrons. The molecule has 0 aliphatic rings. The van der Waals surface area contributed by atoms with Gasteiger partial charge in [0.1, 0.15) is 5.82 Å². The second-order valence-electron chi connectivity index (χ2n) is 4.58. The van der Waals surface area contributed by atoms with E-state index >= 15 is 0 Å². The highest BCUT2D eigenvalue weighted by atomic mass is 79.9. The van der Waals surface area contributed by atoms with E-state index in [2.05, 4.69) is 60.2 Å². The Balaban J connectivity index is 2.78. The molecule has 2 nitrogen and oxygen atoms in total. The Morgan fingerprint density at radius 1 is 1.29 bits per heavy atom. The van der Waals surface area contributed by atoms with Crippen molar-refractivity contribution in [2.24, 2.45) is 0 Å². The van der Waals surface area contributed by atoms with E-state index in [1.54, 1.807) is 0 Å². The molecule has 0 saturated heterocycles. The van der Waals surface area contributed by atoms with E-state index in [1.807, 2.05) is 7.05 Å². The third kappa shape index (κ3) is 2.16. The van der Waals surface area contributed by atoms with Crippen molar-refractivity contribution < 1.29 is 0 Å². The molecule has 3 heteroatoms. The van der Waals surface area contributed by atoms with Crippen LogP contribution in [0, 0.1) is 6.92 Å². The minimum Gasteiger partial charge on any atom is -0.373 e. The molecule has 0 unspecified atom stereocenters. The quantitative estimate of drug-likeness (QED) is 0.883. The molecule has 1 N–H and O–H groups in total. The minimum absolute atomic E-state index is 0.471. The van der Waals surface area contributed by atoms with Gasteiger partial charge in [-0.25, -0.2) is 4.98 Å². The van der Waals surface area contributed by atoms with E-state index in [0.717, 1.165) is 15.8 Å². The van der Waals surface area contributed by atoms with E-state index in [-0.39, 0.29) is 0 Å². The maximum Gasteiger partial charge on any atom is 0.129 e. The average Bonchev–Trinajstić information content (AvgIpc) is 2.32. The molecule has 0 saturated carbocycles. The highest BCUT2D eigenvalue weighted by Gasteiger charge is 2.11. The first-order valence-electron chi connectivity index (χ1n) is 5.82. The van der Waals surface area contributed by atoms with Gasteiger partial charge in [-0.1, -0.05) is 35.8 Å². The van der Waals surface area contributed by atoms with Crippen LogP contribution in [-0.4, -0.2) is 12.0 Å². The van der Waals surface area contributed by atoms with Gasteiger partial charge >= 0.3 is 0 Å². The van der Waals surface area contributed by atoms with Gasteiger partial charge in [0.05, 0.1) is 5.52 Å². The molecule has 0 radical (unpaired) electrons. The molecule has 17 heavy (non-hydrogen) atoms. The first-order chi connectivity index (χ1) is 8.04. The fourth-order valence-corrected chi connectivity index (χ4v) is 2.33. The van der Waals surface area contributed by atoms with Crippen LogP contribution in [-0.2, 0) is 0 Å². The Kier molecular flexibility index (Phi) is 3.38. The standard InChI is InChI=1S/C14H17BrN2/c1-8(2)11-7-10-5-6-12(15)9(3)13(10)17-14(11)16-4/h5-8H,1-4H3,(H,16,17). The lowest BCUT2D eigenvalue weighted by Gasteiger charge is -2.14. The third-order valence-electron chi connectivity index (χ3n) is 3.06. The number of rotatable bonds is 2. The van der Waals surface area contributed by atoms with Crippen LogP contribution in [0.3, 0.4) is 0 Å². The lowest BCUT2D eigenvalue weighted by Crippen LogP contribution is -2.01. The zero-order valence-corrected chi connectivity index (χ0v) is 12.2. The van der Waals surface area contributed by atoms with Crippen molar-refractivity contribution in [3.8, 4) is 0 Å². The topological polar surface area (TPSA) is 24.9 Å². The van der Waals surface area contributed by atoms with Gasteiger partial charge in [0.2, 0.25) is 0 Å². The van der Waals surface area contributed by atoms with Gasteiger partial charge in [0.15, 0.2) is 0 Å². The molecule has 0 atom stereocenters. The fourth-order valence-electron chi connectivity index (χ4n) is 2.01. The van der Waals surface area contributed by atoms with Gasteiger partial charge in [-0.05, 0) is 36.1 Å². The van der Waals surface area contributed by atoms with E-state index < -0.39 is 0 Å². The summed E-state index contributed by atoms with van der Waals surface area (Å²) in [5, 5.41) is 4.39. The Morgan fingerprint density at radius 3 is 2.59 bits per heavy atom. The largest absolute Gasteiger partial charge is 0.373 e. The summed E-state index contributed by atoms with van der Waals surface area (Å²) in [4.78, 5) is 4.73. The van der Waals surface area contributed by atoms with Crippen molar-refractivity contribution in [3.63, 3.8) is 0 Å². The number of anilines is 1. The Bertz CT molecular complexity index is 562. The first-order valence-corrected chi connectivity index (χ1v) is 6.61. The van der Waals surface area contributed by atoms with Gasteiger partial charge in [-0.3, -0.25) is 0 Å². The monoisotopic (exact) mass is 292 g/mol. The summed E-state index contributed by atoms with van der Waals surface area (Å²) in [6.45, 7) is 6.47. The molecule has 2 aromatic rings. The molecular weight excluding hydrogens is 276 g/mol. The third-order valence-corrected chi connectivity index (χ3v) is 3.92. The van der Waals surface area contributed by atoms with E-state index in [1.165, 1.54) is 16.5 Å². The number of nitrogens with zero attached hydrogens (tertiary/aromatic N) is 1. The molecule has 1 aromatic heterocycles. The second kappa shape index (κ2) is 4.65. The molecule has 0 amide bonds. The van der Waals surface area contributed by atoms with Crippen LogP contribution in [0.1, 0.15) is 30.9 Å². The number of benzene rings is 1. The average molecular weight is 293 g/mol. The minimum atomic E-state index is 0.471. The lowest BCUT2D eigenvalue weighted by atomic mass is 10.0. The van der Waals surface area contributed by atoms with Gasteiger partial charge < -0.3 is 5.32 Å². The van der Waals surface area contributed by atoms with Crippen LogP contribution >= 0.6 is 15.9 Å². The maximum absolute atomic E-state index is 4.73. The molecule has 0 aliphatic heterocycles. The summed E-state index contributed by atoms with van der Waals surface area (Å²) < 4.78 is 1.11. The summed E-state index contributed by atoms with van der Waals surface area (Å²) in [7, 11) is 1.92. The molecule has 0 aliphatic carbocycles. The fraction of sp³-hybridized carbons (Fsp3) is 0.357. The van der Waals surface area contributed by atoms with Crippen LogP contribution in [0.2, 0.25) is 0 Å². The number of hydrogen-bond acceptors (Lipinski definition) is 2. The zero-order chi connectivity index (χ0) is 12.6. The number of halogens is 1. The van der Waals surface area contributed by atoms with Gasteiger partial charge in [0.25, 0.3) is 0 Å². The number of nitrogens with one attached hydrogen (secondary N) is 1. The Hall–Kier alpha value is -1.09. The number of aromatic nitrogens is 1. The molecular formula is C14H17BrN2.